The Labute approximate surface area is 104 Å². The van der Waals surface area contributed by atoms with Gasteiger partial charge in [0.15, 0.2) is 0 Å². The molecule has 2 atom stereocenters. The van der Waals surface area contributed by atoms with E-state index in [-0.39, 0.29) is 11.9 Å². The Bertz CT molecular complexity index is 419. The lowest BCUT2D eigenvalue weighted by molar-refractivity contribution is -0.117. The van der Waals surface area contributed by atoms with E-state index in [0.717, 1.165) is 22.1 Å². The number of anilines is 1. The van der Waals surface area contributed by atoms with Crippen LogP contribution in [-0.4, -0.2) is 11.9 Å². The van der Waals surface area contributed by atoms with Crippen LogP contribution in [0.5, 0.6) is 0 Å². The van der Waals surface area contributed by atoms with Crippen LogP contribution in [0.4, 0.5) is 5.69 Å². The van der Waals surface area contributed by atoms with Gasteiger partial charge in [0.1, 0.15) is 6.04 Å². The van der Waals surface area contributed by atoms with Crippen LogP contribution in [-0.2, 0) is 4.79 Å². The molecule has 0 radical (unpaired) electrons. The largest absolute Gasteiger partial charge is 0.324 e. The molecule has 2 N–H and O–H groups in total. The molecular weight excluding hydrogens is 268 g/mol. The Balaban J connectivity index is 2.32. The highest BCUT2D eigenvalue weighted by molar-refractivity contribution is 9.10. The summed E-state index contributed by atoms with van der Waals surface area (Å²) < 4.78 is 0.976. The maximum Gasteiger partial charge on any atom is 0.246 e. The van der Waals surface area contributed by atoms with Gasteiger partial charge in [0.25, 0.3) is 0 Å². The summed E-state index contributed by atoms with van der Waals surface area (Å²) in [5.41, 5.74) is 1.92. The van der Waals surface area contributed by atoms with Gasteiger partial charge in [-0.15, -0.1) is 0 Å². The predicted octanol–water partition coefficient (Wildman–Crippen LogP) is 2.83. The number of benzene rings is 1. The molecule has 1 amide bonds. The highest BCUT2D eigenvalue weighted by Gasteiger charge is 2.32. The number of hydrogen-bond acceptors (Lipinski definition) is 2. The molecule has 0 saturated heterocycles. The fourth-order valence-electron chi connectivity index (χ4n) is 1.84. The minimum Gasteiger partial charge on any atom is -0.324 e. The molecule has 1 aliphatic rings. The van der Waals surface area contributed by atoms with Gasteiger partial charge in [0, 0.05) is 21.8 Å². The first kappa shape index (κ1) is 11.6. The third-order valence-corrected chi connectivity index (χ3v) is 3.62. The summed E-state index contributed by atoms with van der Waals surface area (Å²) in [5.74, 6) is 0.0298. The second kappa shape index (κ2) is 4.55. The Hall–Kier alpha value is -0.870. The van der Waals surface area contributed by atoms with Crippen molar-refractivity contribution < 1.29 is 4.79 Å². The molecule has 3 nitrogen and oxygen atoms in total. The summed E-state index contributed by atoms with van der Waals surface area (Å²) in [6, 6.07) is 5.91. The van der Waals surface area contributed by atoms with E-state index in [1.165, 1.54) is 0 Å². The van der Waals surface area contributed by atoms with Crippen LogP contribution < -0.4 is 10.6 Å². The molecule has 1 aromatic rings. The molecular formula is C12H15BrN2O. The quantitative estimate of drug-likeness (QED) is 0.895. The Morgan fingerprint density at radius 1 is 1.56 bits per heavy atom. The Kier molecular flexibility index (Phi) is 3.30. The van der Waals surface area contributed by atoms with Crippen molar-refractivity contribution in [2.45, 2.75) is 32.4 Å². The summed E-state index contributed by atoms with van der Waals surface area (Å²) in [7, 11) is 0. The zero-order chi connectivity index (χ0) is 11.7. The number of fused-ring (bicyclic) bond motifs is 1. The molecule has 0 fully saturated rings. The van der Waals surface area contributed by atoms with Crippen LogP contribution in [0.15, 0.2) is 22.7 Å². The van der Waals surface area contributed by atoms with E-state index in [9.17, 15) is 4.79 Å². The molecule has 16 heavy (non-hydrogen) atoms. The van der Waals surface area contributed by atoms with Gasteiger partial charge in [-0.1, -0.05) is 28.9 Å². The average Bonchev–Trinajstić information content (AvgIpc) is 2.56. The normalized spacial score (nSPS) is 20.4. The molecule has 2 rings (SSSR count). The van der Waals surface area contributed by atoms with Gasteiger partial charge in [-0.05, 0) is 25.5 Å². The van der Waals surface area contributed by atoms with Crippen molar-refractivity contribution in [2.24, 2.45) is 0 Å². The number of carbonyl (C=O) groups excluding carboxylic acids is 1. The minimum atomic E-state index is -0.236. The van der Waals surface area contributed by atoms with Crippen LogP contribution in [0.1, 0.15) is 31.9 Å². The molecule has 1 heterocycles. The predicted molar refractivity (Wildman–Crippen MR) is 68.4 cm³/mol. The lowest BCUT2D eigenvalue weighted by Crippen LogP contribution is -2.34. The smallest absolute Gasteiger partial charge is 0.246 e. The monoisotopic (exact) mass is 282 g/mol. The van der Waals surface area contributed by atoms with E-state index in [2.05, 4.69) is 40.4 Å². The average molecular weight is 283 g/mol. The van der Waals surface area contributed by atoms with Gasteiger partial charge in [-0.2, -0.15) is 0 Å². The Morgan fingerprint density at radius 2 is 2.31 bits per heavy atom. The summed E-state index contributed by atoms with van der Waals surface area (Å²) in [4.78, 5) is 11.8. The van der Waals surface area contributed by atoms with Crippen molar-refractivity contribution in [3.63, 3.8) is 0 Å². The molecule has 1 aromatic carbocycles. The van der Waals surface area contributed by atoms with Gasteiger partial charge in [0.2, 0.25) is 5.91 Å². The summed E-state index contributed by atoms with van der Waals surface area (Å²) in [6.45, 7) is 4.19. The van der Waals surface area contributed by atoms with E-state index < -0.39 is 0 Å². The fraction of sp³-hybridized carbons (Fsp3) is 0.417. The highest BCUT2D eigenvalue weighted by Crippen LogP contribution is 2.36. The molecule has 2 unspecified atom stereocenters. The zero-order valence-electron chi connectivity index (χ0n) is 9.38. The fourth-order valence-corrected chi connectivity index (χ4v) is 2.43. The first-order valence-electron chi connectivity index (χ1n) is 5.48. The van der Waals surface area contributed by atoms with Crippen LogP contribution >= 0.6 is 15.9 Å². The van der Waals surface area contributed by atoms with E-state index in [1.54, 1.807) is 0 Å². The molecule has 0 saturated carbocycles. The standard InChI is InChI=1S/C12H15BrN2O/c1-3-7(2)14-11-10-8(13)5-4-6-9(10)15-12(11)16/h4-7,11,14H,3H2,1-2H3,(H,15,16). The van der Waals surface area contributed by atoms with Gasteiger partial charge < -0.3 is 5.32 Å². The van der Waals surface area contributed by atoms with Gasteiger partial charge >= 0.3 is 0 Å². The lowest BCUT2D eigenvalue weighted by Gasteiger charge is -2.17. The van der Waals surface area contributed by atoms with Crippen molar-refractivity contribution in [1.82, 2.24) is 5.32 Å². The third kappa shape index (κ3) is 1.99. The van der Waals surface area contributed by atoms with Gasteiger partial charge in [-0.3, -0.25) is 10.1 Å². The topological polar surface area (TPSA) is 41.1 Å². The molecule has 0 aliphatic carbocycles. The maximum absolute atomic E-state index is 11.8. The highest BCUT2D eigenvalue weighted by atomic mass is 79.9. The molecule has 86 valence electrons. The SMILES string of the molecule is CCC(C)NC1C(=O)Nc2cccc(Br)c21. The van der Waals surface area contributed by atoms with E-state index in [1.807, 2.05) is 18.2 Å². The third-order valence-electron chi connectivity index (χ3n) is 2.93. The van der Waals surface area contributed by atoms with Gasteiger partial charge in [-0.25, -0.2) is 0 Å². The number of halogens is 1. The minimum absolute atomic E-state index is 0.0298. The molecule has 0 bridgehead atoms. The molecule has 0 spiro atoms. The van der Waals surface area contributed by atoms with Crippen LogP contribution in [0.25, 0.3) is 0 Å². The lowest BCUT2D eigenvalue weighted by atomic mass is 10.1. The van der Waals surface area contributed by atoms with E-state index in [4.69, 9.17) is 0 Å². The Morgan fingerprint density at radius 3 is 3.00 bits per heavy atom. The second-order valence-corrected chi connectivity index (χ2v) is 4.95. The van der Waals surface area contributed by atoms with Gasteiger partial charge in [0.05, 0.1) is 0 Å². The van der Waals surface area contributed by atoms with Crippen molar-refractivity contribution in [1.29, 1.82) is 0 Å². The summed E-state index contributed by atoms with van der Waals surface area (Å²) >= 11 is 3.49. The number of nitrogens with one attached hydrogen (secondary N) is 2. The first-order chi connectivity index (χ1) is 7.63. The zero-order valence-corrected chi connectivity index (χ0v) is 11.0. The number of hydrogen-bond donors (Lipinski definition) is 2. The van der Waals surface area contributed by atoms with Crippen molar-refractivity contribution in [2.75, 3.05) is 5.32 Å². The summed E-state index contributed by atoms with van der Waals surface area (Å²) in [5, 5.41) is 6.22. The number of rotatable bonds is 3. The van der Waals surface area contributed by atoms with Crippen LogP contribution in [0.2, 0.25) is 0 Å². The van der Waals surface area contributed by atoms with E-state index in [0.29, 0.717) is 6.04 Å². The second-order valence-electron chi connectivity index (χ2n) is 4.10. The van der Waals surface area contributed by atoms with Crippen molar-refractivity contribution >= 4 is 27.5 Å². The summed E-state index contributed by atoms with van der Waals surface area (Å²) in [6.07, 6.45) is 1.00. The van der Waals surface area contributed by atoms with Crippen LogP contribution in [0, 0.1) is 0 Å². The number of carbonyl (C=O) groups is 1. The van der Waals surface area contributed by atoms with Crippen LogP contribution in [0.3, 0.4) is 0 Å². The maximum atomic E-state index is 11.8. The molecule has 1 aliphatic heterocycles. The molecule has 0 aromatic heterocycles. The first-order valence-corrected chi connectivity index (χ1v) is 6.28. The van der Waals surface area contributed by atoms with E-state index >= 15 is 0 Å². The van der Waals surface area contributed by atoms with Crippen molar-refractivity contribution in [3.05, 3.63) is 28.2 Å². The van der Waals surface area contributed by atoms with Crippen molar-refractivity contribution in [3.8, 4) is 0 Å². The number of amides is 1. The molecule has 4 heteroatoms.